The summed E-state index contributed by atoms with van der Waals surface area (Å²) in [7, 11) is 0. The summed E-state index contributed by atoms with van der Waals surface area (Å²) in [6.45, 7) is 17.0. The van der Waals surface area contributed by atoms with E-state index in [1.165, 1.54) is 168 Å². The topological polar surface area (TPSA) is 62.1 Å². The number of carbonyl (C=O) groups excluding carboxylic acids is 2. The smallest absolute Gasteiger partial charge is 0.409 e. The zero-order valence-electron chi connectivity index (χ0n) is 34.6. The van der Waals surface area contributed by atoms with Gasteiger partial charge in [-0.25, -0.2) is 4.79 Å². The van der Waals surface area contributed by atoms with Crippen molar-refractivity contribution in [2.24, 2.45) is 0 Å². The first-order chi connectivity index (χ1) is 25.1. The van der Waals surface area contributed by atoms with Gasteiger partial charge in [0.15, 0.2) is 0 Å². The summed E-state index contributed by atoms with van der Waals surface area (Å²) in [5.41, 5.74) is 0. The minimum absolute atomic E-state index is 0.00495. The Morgan fingerprint density at radius 1 is 0.451 bits per heavy atom. The molecular weight excluding hydrogens is 635 g/mol. The van der Waals surface area contributed by atoms with E-state index in [2.05, 4.69) is 30.6 Å². The Morgan fingerprint density at radius 3 is 1.35 bits per heavy atom. The fourth-order valence-electron chi connectivity index (χ4n) is 6.90. The van der Waals surface area contributed by atoms with E-state index >= 15 is 0 Å². The Hall–Kier alpha value is -1.34. The molecule has 0 bridgehead atoms. The highest BCUT2D eigenvalue weighted by Gasteiger charge is 2.16. The van der Waals surface area contributed by atoms with E-state index < -0.39 is 0 Å². The molecule has 1 saturated heterocycles. The molecule has 0 aliphatic carbocycles. The van der Waals surface area contributed by atoms with Gasteiger partial charge in [-0.15, -0.1) is 0 Å². The minimum atomic E-state index is -0.0913. The van der Waals surface area contributed by atoms with Crippen LogP contribution >= 0.6 is 0 Å². The van der Waals surface area contributed by atoms with Crippen molar-refractivity contribution in [2.45, 2.75) is 207 Å². The van der Waals surface area contributed by atoms with Crippen molar-refractivity contribution >= 4 is 12.1 Å². The van der Waals surface area contributed by atoms with Gasteiger partial charge in [0.05, 0.1) is 13.2 Å². The van der Waals surface area contributed by atoms with Gasteiger partial charge in [0.1, 0.15) is 0 Å². The molecule has 0 aromatic carbocycles. The second-order valence-corrected chi connectivity index (χ2v) is 15.6. The zero-order valence-corrected chi connectivity index (χ0v) is 34.6. The SMILES string of the molecule is CCCCCCCCCC(=O)OCCCCCCN(CCCCCCOC(=O)N(CCCCCC)CCCCCCCC)CCCCCN1CC1. The summed E-state index contributed by atoms with van der Waals surface area (Å²) in [6, 6.07) is 0. The highest BCUT2D eigenvalue weighted by Crippen LogP contribution is 2.13. The Labute approximate surface area is 317 Å². The number of hydrogen-bond donors (Lipinski definition) is 0. The number of ether oxygens (including phenoxy) is 2. The van der Waals surface area contributed by atoms with E-state index in [-0.39, 0.29) is 12.1 Å². The van der Waals surface area contributed by atoms with Gasteiger partial charge in [-0.05, 0) is 84.0 Å². The number of esters is 1. The lowest BCUT2D eigenvalue weighted by Gasteiger charge is -2.23. The molecule has 0 spiro atoms. The molecule has 1 heterocycles. The normalized spacial score (nSPS) is 12.9. The van der Waals surface area contributed by atoms with Crippen LogP contribution < -0.4 is 0 Å². The summed E-state index contributed by atoms with van der Waals surface area (Å²) in [4.78, 5) is 32.2. The van der Waals surface area contributed by atoms with Crippen molar-refractivity contribution in [3.05, 3.63) is 0 Å². The first-order valence-corrected chi connectivity index (χ1v) is 22.6. The molecule has 0 N–H and O–H groups in total. The van der Waals surface area contributed by atoms with Crippen LogP contribution in [0.25, 0.3) is 0 Å². The molecule has 1 aliphatic rings. The molecule has 7 nitrogen and oxygen atoms in total. The second-order valence-electron chi connectivity index (χ2n) is 15.6. The van der Waals surface area contributed by atoms with Crippen molar-refractivity contribution in [1.82, 2.24) is 14.7 Å². The van der Waals surface area contributed by atoms with Crippen LogP contribution in [0.3, 0.4) is 0 Å². The maximum atomic E-state index is 12.9. The lowest BCUT2D eigenvalue weighted by Crippen LogP contribution is -2.33. The number of rotatable bonds is 40. The van der Waals surface area contributed by atoms with Gasteiger partial charge in [-0.1, -0.05) is 143 Å². The predicted octanol–water partition coefficient (Wildman–Crippen LogP) is 12.0. The van der Waals surface area contributed by atoms with Gasteiger partial charge in [-0.2, -0.15) is 0 Å². The molecule has 0 saturated carbocycles. The molecule has 0 unspecified atom stereocenters. The van der Waals surface area contributed by atoms with Crippen LogP contribution in [0.15, 0.2) is 0 Å². The molecule has 0 atom stereocenters. The van der Waals surface area contributed by atoms with Gasteiger partial charge >= 0.3 is 12.1 Å². The Bertz CT molecular complexity index is 763. The average molecular weight is 722 g/mol. The summed E-state index contributed by atoms with van der Waals surface area (Å²) >= 11 is 0. The van der Waals surface area contributed by atoms with Crippen molar-refractivity contribution < 1.29 is 19.1 Å². The van der Waals surface area contributed by atoms with Crippen molar-refractivity contribution in [3.63, 3.8) is 0 Å². The molecule has 302 valence electrons. The van der Waals surface area contributed by atoms with Gasteiger partial charge in [-0.3, -0.25) is 4.79 Å². The molecule has 7 heteroatoms. The van der Waals surface area contributed by atoms with Crippen LogP contribution in [0.4, 0.5) is 4.79 Å². The largest absolute Gasteiger partial charge is 0.466 e. The molecule has 1 rings (SSSR count). The summed E-state index contributed by atoms with van der Waals surface area (Å²) < 4.78 is 11.3. The number of amides is 1. The van der Waals surface area contributed by atoms with Gasteiger partial charge in [0.2, 0.25) is 0 Å². The summed E-state index contributed by atoms with van der Waals surface area (Å²) in [5, 5.41) is 0. The molecule has 0 radical (unpaired) electrons. The highest BCUT2D eigenvalue weighted by atomic mass is 16.6. The van der Waals surface area contributed by atoms with Crippen LogP contribution in [-0.2, 0) is 14.3 Å². The molecule has 51 heavy (non-hydrogen) atoms. The third kappa shape index (κ3) is 33.0. The van der Waals surface area contributed by atoms with E-state index in [0.29, 0.717) is 19.6 Å². The Morgan fingerprint density at radius 2 is 0.843 bits per heavy atom. The fraction of sp³-hybridized carbons (Fsp3) is 0.955. The Kier molecular flexibility index (Phi) is 34.6. The van der Waals surface area contributed by atoms with E-state index in [1.54, 1.807) is 0 Å². The maximum Gasteiger partial charge on any atom is 0.409 e. The predicted molar refractivity (Wildman–Crippen MR) is 218 cm³/mol. The summed E-state index contributed by atoms with van der Waals surface area (Å²) in [6.07, 6.45) is 34.4. The number of hydrogen-bond acceptors (Lipinski definition) is 6. The standard InChI is InChI=1S/C44H87N3O4/c1-4-7-10-13-15-16-23-32-43(48)50-41-30-20-18-24-33-45(35-26-22-27-36-46-39-40-46)34-25-19-21-31-42-51-44(49)47(37-28-12-9-6-3)38-29-17-14-11-8-5-2/h4-42H2,1-3H3. The van der Waals surface area contributed by atoms with E-state index in [9.17, 15) is 9.59 Å². The zero-order chi connectivity index (χ0) is 36.9. The average Bonchev–Trinajstić information content (AvgIpc) is 3.96. The van der Waals surface area contributed by atoms with E-state index in [4.69, 9.17) is 9.47 Å². The van der Waals surface area contributed by atoms with Crippen LogP contribution in [0, 0.1) is 0 Å². The monoisotopic (exact) mass is 722 g/mol. The lowest BCUT2D eigenvalue weighted by molar-refractivity contribution is -0.143. The molecule has 0 aromatic heterocycles. The van der Waals surface area contributed by atoms with Crippen LogP contribution in [0.5, 0.6) is 0 Å². The first-order valence-electron chi connectivity index (χ1n) is 22.6. The highest BCUT2D eigenvalue weighted by molar-refractivity contribution is 5.69. The quantitative estimate of drug-likeness (QED) is 0.0357. The Balaban J connectivity index is 2.21. The number of nitrogens with zero attached hydrogens (tertiary/aromatic N) is 3. The minimum Gasteiger partial charge on any atom is -0.466 e. The number of unbranched alkanes of at least 4 members (excludes halogenated alkanes) is 22. The van der Waals surface area contributed by atoms with Gasteiger partial charge in [0.25, 0.3) is 0 Å². The van der Waals surface area contributed by atoms with Gasteiger partial charge < -0.3 is 24.2 Å². The molecular formula is C44H87N3O4. The third-order valence-corrected chi connectivity index (χ3v) is 10.5. The summed E-state index contributed by atoms with van der Waals surface area (Å²) in [5.74, 6) is -0.00495. The maximum absolute atomic E-state index is 12.9. The number of carbonyl (C=O) groups is 2. The van der Waals surface area contributed by atoms with E-state index in [0.717, 1.165) is 64.5 Å². The first kappa shape index (κ1) is 47.7. The van der Waals surface area contributed by atoms with Crippen LogP contribution in [0.1, 0.15) is 207 Å². The van der Waals surface area contributed by atoms with E-state index in [1.807, 2.05) is 4.90 Å². The molecule has 1 aliphatic heterocycles. The third-order valence-electron chi connectivity index (χ3n) is 10.5. The lowest BCUT2D eigenvalue weighted by atomic mass is 10.1. The fourth-order valence-corrected chi connectivity index (χ4v) is 6.90. The van der Waals surface area contributed by atoms with Gasteiger partial charge in [0, 0.05) is 32.6 Å². The second kappa shape index (κ2) is 37.0. The van der Waals surface area contributed by atoms with Crippen LogP contribution in [0.2, 0.25) is 0 Å². The molecule has 1 amide bonds. The molecule has 1 fully saturated rings. The molecule has 0 aromatic rings. The van der Waals surface area contributed by atoms with Crippen molar-refractivity contribution in [2.75, 3.05) is 65.6 Å². The van der Waals surface area contributed by atoms with Crippen molar-refractivity contribution in [3.8, 4) is 0 Å². The van der Waals surface area contributed by atoms with Crippen molar-refractivity contribution in [1.29, 1.82) is 0 Å². The van der Waals surface area contributed by atoms with Crippen LogP contribution in [-0.4, -0.2) is 92.3 Å².